The largest absolute Gasteiger partial charge is 0.496 e. The van der Waals surface area contributed by atoms with Gasteiger partial charge in [-0.2, -0.15) is 4.31 Å². The third kappa shape index (κ3) is 2.69. The highest BCUT2D eigenvalue weighted by atomic mass is 32.2. The fourth-order valence-electron chi connectivity index (χ4n) is 2.82. The van der Waals surface area contributed by atoms with Crippen molar-refractivity contribution in [3.63, 3.8) is 0 Å². The number of ether oxygens (including phenoxy) is 1. The van der Waals surface area contributed by atoms with E-state index in [0.717, 1.165) is 36.1 Å². The second-order valence-electron chi connectivity index (χ2n) is 5.55. The van der Waals surface area contributed by atoms with Crippen molar-refractivity contribution < 1.29 is 13.2 Å². The van der Waals surface area contributed by atoms with Crippen LogP contribution in [0.1, 0.15) is 37.3 Å². The summed E-state index contributed by atoms with van der Waals surface area (Å²) in [4.78, 5) is 0.407. The molecule has 0 aliphatic carbocycles. The molecule has 1 aliphatic rings. The van der Waals surface area contributed by atoms with Crippen LogP contribution < -0.4 is 4.74 Å². The van der Waals surface area contributed by atoms with Crippen LogP contribution in [0.4, 0.5) is 0 Å². The standard InChI is InChI=1S/C15H23NO3S/c1-11-10-15(12(2)9-14(11)19-4)20(17,18)16-8-6-5-7-13(16)3/h9-10,13H,5-8H2,1-4H3/t13-/m1/s1. The summed E-state index contributed by atoms with van der Waals surface area (Å²) in [5.74, 6) is 0.730. The van der Waals surface area contributed by atoms with E-state index in [4.69, 9.17) is 4.74 Å². The monoisotopic (exact) mass is 297 g/mol. The zero-order valence-electron chi connectivity index (χ0n) is 12.6. The van der Waals surface area contributed by atoms with Crippen molar-refractivity contribution >= 4 is 10.0 Å². The number of hydrogen-bond donors (Lipinski definition) is 0. The van der Waals surface area contributed by atoms with E-state index in [9.17, 15) is 8.42 Å². The Balaban J connectivity index is 2.46. The molecular weight excluding hydrogens is 274 g/mol. The zero-order valence-corrected chi connectivity index (χ0v) is 13.5. The third-order valence-electron chi connectivity index (χ3n) is 4.02. The molecule has 0 N–H and O–H groups in total. The van der Waals surface area contributed by atoms with Crippen LogP contribution in [-0.4, -0.2) is 32.4 Å². The Morgan fingerprint density at radius 2 is 1.90 bits per heavy atom. The first-order valence-electron chi connectivity index (χ1n) is 7.05. The lowest BCUT2D eigenvalue weighted by atomic mass is 10.1. The second-order valence-corrected chi connectivity index (χ2v) is 7.41. The van der Waals surface area contributed by atoms with E-state index >= 15 is 0 Å². The molecule has 20 heavy (non-hydrogen) atoms. The minimum Gasteiger partial charge on any atom is -0.496 e. The summed E-state index contributed by atoms with van der Waals surface area (Å²) >= 11 is 0. The van der Waals surface area contributed by atoms with Gasteiger partial charge in [-0.3, -0.25) is 0 Å². The SMILES string of the molecule is COc1cc(C)c(S(=O)(=O)N2CCCC[C@H]2C)cc1C. The smallest absolute Gasteiger partial charge is 0.243 e. The highest BCUT2D eigenvalue weighted by Gasteiger charge is 2.32. The van der Waals surface area contributed by atoms with Gasteiger partial charge >= 0.3 is 0 Å². The van der Waals surface area contributed by atoms with Crippen molar-refractivity contribution in [3.05, 3.63) is 23.3 Å². The highest BCUT2D eigenvalue weighted by molar-refractivity contribution is 7.89. The lowest BCUT2D eigenvalue weighted by molar-refractivity contribution is 0.268. The summed E-state index contributed by atoms with van der Waals surface area (Å²) in [5, 5.41) is 0. The van der Waals surface area contributed by atoms with Gasteiger partial charge in [0, 0.05) is 12.6 Å². The first kappa shape index (κ1) is 15.3. The number of hydrogen-bond acceptors (Lipinski definition) is 3. The molecule has 1 atom stereocenters. The predicted molar refractivity (Wildman–Crippen MR) is 79.7 cm³/mol. The summed E-state index contributed by atoms with van der Waals surface area (Å²) in [5.41, 5.74) is 1.59. The molecule has 0 saturated carbocycles. The van der Waals surface area contributed by atoms with Crippen molar-refractivity contribution in [1.82, 2.24) is 4.31 Å². The Morgan fingerprint density at radius 1 is 1.20 bits per heavy atom. The van der Waals surface area contributed by atoms with E-state index in [1.807, 2.05) is 20.8 Å². The topological polar surface area (TPSA) is 46.6 Å². The van der Waals surface area contributed by atoms with E-state index in [1.54, 1.807) is 23.5 Å². The van der Waals surface area contributed by atoms with E-state index < -0.39 is 10.0 Å². The summed E-state index contributed by atoms with van der Waals surface area (Å²) in [6.45, 7) is 6.30. The van der Waals surface area contributed by atoms with Crippen molar-refractivity contribution in [2.75, 3.05) is 13.7 Å². The van der Waals surface area contributed by atoms with Gasteiger partial charge in [-0.05, 0) is 56.9 Å². The van der Waals surface area contributed by atoms with Crippen molar-refractivity contribution in [1.29, 1.82) is 0 Å². The van der Waals surface area contributed by atoms with Crippen LogP contribution in [0.15, 0.2) is 17.0 Å². The maximum absolute atomic E-state index is 12.9. The molecule has 1 aromatic carbocycles. The maximum Gasteiger partial charge on any atom is 0.243 e. The average Bonchev–Trinajstić information content (AvgIpc) is 2.41. The fraction of sp³-hybridized carbons (Fsp3) is 0.600. The summed E-state index contributed by atoms with van der Waals surface area (Å²) in [7, 11) is -1.81. The van der Waals surface area contributed by atoms with Gasteiger partial charge in [0.15, 0.2) is 0 Å². The molecule has 1 aliphatic heterocycles. The zero-order chi connectivity index (χ0) is 14.9. The molecule has 0 aromatic heterocycles. The summed E-state index contributed by atoms with van der Waals surface area (Å²) in [6.07, 6.45) is 2.99. The number of aryl methyl sites for hydroxylation is 2. The van der Waals surface area contributed by atoms with Gasteiger partial charge in [-0.25, -0.2) is 8.42 Å². The predicted octanol–water partition coefficient (Wildman–Crippen LogP) is 2.88. The Hall–Kier alpha value is -1.07. The summed E-state index contributed by atoms with van der Waals surface area (Å²) in [6, 6.07) is 3.61. The Labute approximate surface area is 121 Å². The molecule has 112 valence electrons. The minimum absolute atomic E-state index is 0.0792. The van der Waals surface area contributed by atoms with Crippen LogP contribution in [0, 0.1) is 13.8 Å². The average molecular weight is 297 g/mol. The number of sulfonamides is 1. The first-order chi connectivity index (χ1) is 9.37. The Kier molecular flexibility index (Phi) is 4.39. The molecule has 0 spiro atoms. The van der Waals surface area contributed by atoms with Gasteiger partial charge in [0.2, 0.25) is 10.0 Å². The lowest BCUT2D eigenvalue weighted by Gasteiger charge is -2.32. The van der Waals surface area contributed by atoms with Gasteiger partial charge < -0.3 is 4.74 Å². The van der Waals surface area contributed by atoms with Crippen LogP contribution in [0.2, 0.25) is 0 Å². The summed E-state index contributed by atoms with van der Waals surface area (Å²) < 4.78 is 32.6. The Bertz CT molecular complexity index is 595. The molecule has 1 fully saturated rings. The molecule has 5 heteroatoms. The number of nitrogens with zero attached hydrogens (tertiary/aromatic N) is 1. The quantitative estimate of drug-likeness (QED) is 0.862. The Morgan fingerprint density at radius 3 is 2.50 bits per heavy atom. The number of benzene rings is 1. The highest BCUT2D eigenvalue weighted by Crippen LogP contribution is 2.30. The fourth-order valence-corrected chi connectivity index (χ4v) is 4.81. The van der Waals surface area contributed by atoms with Gasteiger partial charge in [-0.15, -0.1) is 0 Å². The molecule has 2 rings (SSSR count). The van der Waals surface area contributed by atoms with E-state index in [0.29, 0.717) is 11.4 Å². The molecule has 1 heterocycles. The van der Waals surface area contributed by atoms with E-state index in [-0.39, 0.29) is 6.04 Å². The number of methoxy groups -OCH3 is 1. The van der Waals surface area contributed by atoms with Gasteiger partial charge in [0.1, 0.15) is 5.75 Å². The molecule has 1 saturated heterocycles. The normalized spacial score (nSPS) is 20.9. The van der Waals surface area contributed by atoms with Crippen molar-refractivity contribution in [2.24, 2.45) is 0 Å². The molecule has 0 unspecified atom stereocenters. The second kappa shape index (κ2) is 5.74. The van der Waals surface area contributed by atoms with E-state index in [1.165, 1.54) is 0 Å². The number of rotatable bonds is 3. The van der Waals surface area contributed by atoms with Gasteiger partial charge in [0.05, 0.1) is 12.0 Å². The van der Waals surface area contributed by atoms with Crippen molar-refractivity contribution in [3.8, 4) is 5.75 Å². The molecule has 0 amide bonds. The molecule has 0 radical (unpaired) electrons. The van der Waals surface area contributed by atoms with E-state index in [2.05, 4.69) is 0 Å². The molecule has 0 bridgehead atoms. The lowest BCUT2D eigenvalue weighted by Crippen LogP contribution is -2.42. The van der Waals surface area contributed by atoms with Gasteiger partial charge in [-0.1, -0.05) is 6.42 Å². The number of piperidine rings is 1. The maximum atomic E-state index is 12.9. The third-order valence-corrected chi connectivity index (χ3v) is 6.18. The van der Waals surface area contributed by atoms with Crippen LogP contribution in [0.3, 0.4) is 0 Å². The van der Waals surface area contributed by atoms with Gasteiger partial charge in [0.25, 0.3) is 0 Å². The van der Waals surface area contributed by atoms with Crippen LogP contribution >= 0.6 is 0 Å². The van der Waals surface area contributed by atoms with Crippen LogP contribution in [0.25, 0.3) is 0 Å². The molecular formula is C15H23NO3S. The van der Waals surface area contributed by atoms with Crippen molar-refractivity contribution in [2.45, 2.75) is 51.0 Å². The van der Waals surface area contributed by atoms with Crippen LogP contribution in [-0.2, 0) is 10.0 Å². The first-order valence-corrected chi connectivity index (χ1v) is 8.49. The van der Waals surface area contributed by atoms with Crippen LogP contribution in [0.5, 0.6) is 5.75 Å². The molecule has 1 aromatic rings. The molecule has 4 nitrogen and oxygen atoms in total. The minimum atomic E-state index is -3.41.